The molecule has 0 aromatic heterocycles. The lowest BCUT2D eigenvalue weighted by Crippen LogP contribution is -2.58. The summed E-state index contributed by atoms with van der Waals surface area (Å²) in [6.07, 6.45) is 5.61. The van der Waals surface area contributed by atoms with Gasteiger partial charge in [-0.15, -0.1) is 0 Å². The number of nitrogens with zero attached hydrogens (tertiary/aromatic N) is 2. The molecule has 21 heavy (non-hydrogen) atoms. The Bertz CT molecular complexity index is 371. The number of rotatable bonds is 7. The number of hydrogen-bond acceptors (Lipinski definition) is 4. The second-order valence-corrected chi connectivity index (χ2v) is 7.39. The Labute approximate surface area is 129 Å². The Balaban J connectivity index is 1.93. The summed E-state index contributed by atoms with van der Waals surface area (Å²) in [7, 11) is 4.37. The van der Waals surface area contributed by atoms with Crippen molar-refractivity contribution in [2.45, 2.75) is 69.6 Å². The molecule has 1 saturated carbocycles. The van der Waals surface area contributed by atoms with E-state index in [9.17, 15) is 4.79 Å². The fourth-order valence-corrected chi connectivity index (χ4v) is 3.48. The molecule has 2 aliphatic rings. The number of carbonyl (C=O) groups is 1. The normalized spacial score (nSPS) is 28.3. The van der Waals surface area contributed by atoms with Crippen LogP contribution in [0, 0.1) is 0 Å². The number of nitrogens with one attached hydrogen (secondary N) is 1. The highest BCUT2D eigenvalue weighted by Gasteiger charge is 2.39. The monoisotopic (exact) mass is 296 g/mol. The molecule has 0 spiro atoms. The summed E-state index contributed by atoms with van der Waals surface area (Å²) >= 11 is 0. The van der Waals surface area contributed by atoms with Crippen LogP contribution in [0.3, 0.4) is 0 Å². The maximum atomic E-state index is 11.9. The zero-order valence-electron chi connectivity index (χ0n) is 14.1. The minimum atomic E-state index is -0.588. The highest BCUT2D eigenvalue weighted by Crippen LogP contribution is 2.26. The lowest BCUT2D eigenvalue weighted by Gasteiger charge is -2.41. The van der Waals surface area contributed by atoms with E-state index in [-0.39, 0.29) is 5.91 Å². The molecular weight excluding hydrogens is 264 g/mol. The van der Waals surface area contributed by atoms with E-state index in [0.29, 0.717) is 18.1 Å². The lowest BCUT2D eigenvalue weighted by atomic mass is 9.90. The minimum absolute atomic E-state index is 0.226. The average Bonchev–Trinajstić information content (AvgIpc) is 3.21. The molecular formula is C16H32N4O. The summed E-state index contributed by atoms with van der Waals surface area (Å²) in [5, 5.41) is 3.45. The fourth-order valence-electron chi connectivity index (χ4n) is 3.48. The van der Waals surface area contributed by atoms with Gasteiger partial charge in [-0.1, -0.05) is 0 Å². The van der Waals surface area contributed by atoms with E-state index in [2.05, 4.69) is 36.1 Å². The summed E-state index contributed by atoms with van der Waals surface area (Å²) in [5.74, 6) is -0.226. The van der Waals surface area contributed by atoms with Crippen LogP contribution in [-0.4, -0.2) is 66.6 Å². The molecule has 0 aromatic carbocycles. The Hall–Kier alpha value is -0.650. The number of likely N-dealkylation sites (tertiary alicyclic amines) is 1. The predicted octanol–water partition coefficient (Wildman–Crippen LogP) is 0.787. The van der Waals surface area contributed by atoms with Crippen LogP contribution in [0.1, 0.15) is 46.0 Å². The number of primary amides is 1. The van der Waals surface area contributed by atoms with Gasteiger partial charge in [-0.2, -0.15) is 0 Å². The third kappa shape index (κ3) is 4.41. The molecule has 122 valence electrons. The maximum Gasteiger partial charge on any atom is 0.237 e. The first-order valence-electron chi connectivity index (χ1n) is 8.30. The summed E-state index contributed by atoms with van der Waals surface area (Å²) < 4.78 is 0. The third-order valence-electron chi connectivity index (χ3n) is 5.22. The summed E-state index contributed by atoms with van der Waals surface area (Å²) in [6.45, 7) is 6.49. The van der Waals surface area contributed by atoms with E-state index in [4.69, 9.17) is 5.73 Å². The van der Waals surface area contributed by atoms with Crippen molar-refractivity contribution in [2.75, 3.05) is 27.2 Å². The second-order valence-electron chi connectivity index (χ2n) is 7.39. The molecule has 2 fully saturated rings. The minimum Gasteiger partial charge on any atom is -0.368 e. The lowest BCUT2D eigenvalue weighted by molar-refractivity contribution is -0.124. The average molecular weight is 296 g/mol. The van der Waals surface area contributed by atoms with Gasteiger partial charge in [-0.25, -0.2) is 0 Å². The van der Waals surface area contributed by atoms with Gasteiger partial charge < -0.3 is 16.0 Å². The summed E-state index contributed by atoms with van der Waals surface area (Å²) in [4.78, 5) is 16.7. The van der Waals surface area contributed by atoms with Crippen molar-refractivity contribution in [1.29, 1.82) is 0 Å². The van der Waals surface area contributed by atoms with Gasteiger partial charge in [0, 0.05) is 24.7 Å². The predicted molar refractivity (Wildman–Crippen MR) is 86.1 cm³/mol. The van der Waals surface area contributed by atoms with E-state index < -0.39 is 5.54 Å². The van der Waals surface area contributed by atoms with E-state index in [1.807, 2.05) is 6.92 Å². The van der Waals surface area contributed by atoms with Crippen LogP contribution in [0.25, 0.3) is 0 Å². The summed E-state index contributed by atoms with van der Waals surface area (Å²) in [5.41, 5.74) is 5.08. The topological polar surface area (TPSA) is 61.6 Å². The highest BCUT2D eigenvalue weighted by molar-refractivity contribution is 5.84. The van der Waals surface area contributed by atoms with Crippen LogP contribution >= 0.6 is 0 Å². The van der Waals surface area contributed by atoms with Crippen LogP contribution in [0.4, 0.5) is 0 Å². The van der Waals surface area contributed by atoms with Gasteiger partial charge in [0.15, 0.2) is 0 Å². The van der Waals surface area contributed by atoms with Crippen molar-refractivity contribution in [3.8, 4) is 0 Å². The largest absolute Gasteiger partial charge is 0.368 e. The standard InChI is InChI=1S/C16H32N4O/c1-12(20(4)14-6-5-9-19(3)11-14)10-16(2,15(17)21)18-13-7-8-13/h12-14,18H,5-11H2,1-4H3,(H2,17,21). The number of carbonyl (C=O) groups excluding carboxylic acids is 1. The molecule has 1 amide bonds. The van der Waals surface area contributed by atoms with Crippen LogP contribution in [0.5, 0.6) is 0 Å². The number of piperidine rings is 1. The van der Waals surface area contributed by atoms with E-state index in [1.165, 1.54) is 32.2 Å². The molecule has 0 radical (unpaired) electrons. The number of likely N-dealkylation sites (N-methyl/N-ethyl adjacent to an activating group) is 2. The molecule has 5 nitrogen and oxygen atoms in total. The Morgan fingerprint density at radius 1 is 1.48 bits per heavy atom. The molecule has 3 N–H and O–H groups in total. The van der Waals surface area contributed by atoms with Gasteiger partial charge in [0.1, 0.15) is 0 Å². The van der Waals surface area contributed by atoms with Gasteiger partial charge >= 0.3 is 0 Å². The Morgan fingerprint density at radius 2 is 2.14 bits per heavy atom. The molecule has 1 saturated heterocycles. The number of hydrogen-bond donors (Lipinski definition) is 2. The fraction of sp³-hybridized carbons (Fsp3) is 0.938. The van der Waals surface area contributed by atoms with Crippen molar-refractivity contribution in [3.63, 3.8) is 0 Å². The van der Waals surface area contributed by atoms with E-state index in [1.54, 1.807) is 0 Å². The van der Waals surface area contributed by atoms with Crippen molar-refractivity contribution in [2.24, 2.45) is 5.73 Å². The van der Waals surface area contributed by atoms with Gasteiger partial charge in [0.05, 0.1) is 5.54 Å². The van der Waals surface area contributed by atoms with Crippen LogP contribution in [0.2, 0.25) is 0 Å². The van der Waals surface area contributed by atoms with Crippen LogP contribution < -0.4 is 11.1 Å². The van der Waals surface area contributed by atoms with Crippen molar-refractivity contribution in [1.82, 2.24) is 15.1 Å². The van der Waals surface area contributed by atoms with Gasteiger partial charge in [0.25, 0.3) is 0 Å². The first-order valence-corrected chi connectivity index (χ1v) is 8.30. The van der Waals surface area contributed by atoms with Gasteiger partial charge in [-0.05, 0) is 66.6 Å². The molecule has 0 bridgehead atoms. The Morgan fingerprint density at radius 3 is 2.67 bits per heavy atom. The third-order valence-corrected chi connectivity index (χ3v) is 5.22. The van der Waals surface area contributed by atoms with E-state index in [0.717, 1.165) is 13.0 Å². The molecule has 2 rings (SSSR count). The van der Waals surface area contributed by atoms with Crippen LogP contribution in [-0.2, 0) is 4.79 Å². The zero-order chi connectivity index (χ0) is 15.6. The summed E-state index contributed by atoms with van der Waals surface area (Å²) in [6, 6.07) is 1.41. The van der Waals surface area contributed by atoms with Crippen molar-refractivity contribution >= 4 is 5.91 Å². The molecule has 1 aliphatic heterocycles. The SMILES string of the molecule is CC(CC(C)(NC1CC1)C(N)=O)N(C)C1CCCN(C)C1. The number of amides is 1. The Kier molecular flexibility index (Phi) is 5.28. The second kappa shape index (κ2) is 6.63. The first-order chi connectivity index (χ1) is 9.82. The van der Waals surface area contributed by atoms with Crippen LogP contribution in [0.15, 0.2) is 0 Å². The van der Waals surface area contributed by atoms with Gasteiger partial charge in [-0.3, -0.25) is 9.69 Å². The highest BCUT2D eigenvalue weighted by atomic mass is 16.1. The number of nitrogens with two attached hydrogens (primary N) is 1. The van der Waals surface area contributed by atoms with Crippen molar-refractivity contribution in [3.05, 3.63) is 0 Å². The molecule has 3 atom stereocenters. The molecule has 1 heterocycles. The first kappa shape index (κ1) is 16.7. The molecule has 5 heteroatoms. The quantitative estimate of drug-likeness (QED) is 0.729. The van der Waals surface area contributed by atoms with Crippen molar-refractivity contribution < 1.29 is 4.79 Å². The molecule has 3 unspecified atom stereocenters. The molecule has 0 aromatic rings. The zero-order valence-corrected chi connectivity index (χ0v) is 14.1. The maximum absolute atomic E-state index is 11.9. The smallest absolute Gasteiger partial charge is 0.237 e. The molecule has 1 aliphatic carbocycles. The van der Waals surface area contributed by atoms with E-state index >= 15 is 0 Å². The van der Waals surface area contributed by atoms with Gasteiger partial charge in [0.2, 0.25) is 5.91 Å².